The smallest absolute Gasteiger partial charge is 0.267 e. The van der Waals surface area contributed by atoms with Gasteiger partial charge in [-0.05, 0) is 52.5 Å². The van der Waals surface area contributed by atoms with Gasteiger partial charge in [0.05, 0.1) is 25.8 Å². The van der Waals surface area contributed by atoms with E-state index in [0.717, 1.165) is 18.4 Å². The molecular formula is C23H21BrFN3O4. The van der Waals surface area contributed by atoms with Gasteiger partial charge in [-0.15, -0.1) is 0 Å². The molecule has 2 aromatic rings. The van der Waals surface area contributed by atoms with E-state index >= 15 is 0 Å². The summed E-state index contributed by atoms with van der Waals surface area (Å²) in [5.74, 6) is -1.33. The lowest BCUT2D eigenvalue weighted by molar-refractivity contribution is -0.128. The van der Waals surface area contributed by atoms with E-state index < -0.39 is 17.6 Å². The second-order valence-corrected chi connectivity index (χ2v) is 8.44. The first-order valence-corrected chi connectivity index (χ1v) is 10.9. The molecule has 166 valence electrons. The second-order valence-electron chi connectivity index (χ2n) is 7.65. The molecule has 7 nitrogen and oxygen atoms in total. The fourth-order valence-corrected chi connectivity index (χ4v) is 4.12. The lowest BCUT2D eigenvalue weighted by atomic mass is 10.1. The lowest BCUT2D eigenvalue weighted by Gasteiger charge is -2.24. The average molecular weight is 502 g/mol. The fraction of sp³-hybridized carbons (Fsp3) is 0.261. The molecule has 0 bridgehead atoms. The highest BCUT2D eigenvalue weighted by Crippen LogP contribution is 2.40. The Bertz CT molecular complexity index is 1110. The van der Waals surface area contributed by atoms with E-state index in [0.29, 0.717) is 15.8 Å². The van der Waals surface area contributed by atoms with Gasteiger partial charge in [0.25, 0.3) is 5.91 Å². The number of rotatable bonds is 5. The van der Waals surface area contributed by atoms with E-state index in [4.69, 9.17) is 4.74 Å². The highest BCUT2D eigenvalue weighted by Gasteiger charge is 2.33. The van der Waals surface area contributed by atoms with Crippen LogP contribution in [0.4, 0.5) is 10.1 Å². The zero-order valence-electron chi connectivity index (χ0n) is 17.3. The number of para-hydroxylation sites is 1. The van der Waals surface area contributed by atoms with Crippen molar-refractivity contribution in [2.75, 3.05) is 12.0 Å². The average Bonchev–Trinajstić information content (AvgIpc) is 3.65. The molecule has 0 radical (unpaired) electrons. The summed E-state index contributed by atoms with van der Waals surface area (Å²) in [4.78, 5) is 39.2. The number of anilines is 1. The molecule has 4 rings (SSSR count). The van der Waals surface area contributed by atoms with Gasteiger partial charge in [0.2, 0.25) is 11.8 Å². The predicted molar refractivity (Wildman–Crippen MR) is 120 cm³/mol. The number of nitrogens with one attached hydrogen (secondary N) is 2. The van der Waals surface area contributed by atoms with Crippen LogP contribution < -0.4 is 20.5 Å². The van der Waals surface area contributed by atoms with Gasteiger partial charge in [0.1, 0.15) is 11.6 Å². The molecule has 0 spiro atoms. The van der Waals surface area contributed by atoms with Crippen LogP contribution in [0.1, 0.15) is 30.4 Å². The van der Waals surface area contributed by atoms with Crippen LogP contribution in [0.15, 0.2) is 48.0 Å². The van der Waals surface area contributed by atoms with Crippen LogP contribution in [0.2, 0.25) is 0 Å². The van der Waals surface area contributed by atoms with Crippen molar-refractivity contribution < 1.29 is 23.5 Å². The highest BCUT2D eigenvalue weighted by molar-refractivity contribution is 9.15. The van der Waals surface area contributed by atoms with Crippen molar-refractivity contribution in [1.82, 2.24) is 10.9 Å². The molecule has 1 fully saturated rings. The fourth-order valence-electron chi connectivity index (χ4n) is 3.48. The molecule has 9 heteroatoms. The normalized spacial score (nSPS) is 15.7. The highest BCUT2D eigenvalue weighted by atomic mass is 79.9. The van der Waals surface area contributed by atoms with Gasteiger partial charge in [-0.2, -0.15) is 0 Å². The number of fused-ring (bicyclic) bond motifs is 1. The van der Waals surface area contributed by atoms with Crippen LogP contribution >= 0.6 is 15.9 Å². The molecular weight excluding hydrogens is 481 g/mol. The molecule has 0 atom stereocenters. The van der Waals surface area contributed by atoms with Gasteiger partial charge < -0.3 is 9.64 Å². The van der Waals surface area contributed by atoms with E-state index in [9.17, 15) is 18.8 Å². The number of halogens is 2. The number of hydrogen-bond acceptors (Lipinski definition) is 4. The minimum atomic E-state index is -0.624. The minimum absolute atomic E-state index is 0.0849. The number of hydrogen-bond donors (Lipinski definition) is 2. The van der Waals surface area contributed by atoms with Crippen LogP contribution in [0, 0.1) is 11.7 Å². The number of carbonyl (C=O) groups excluding carboxylic acids is 3. The Morgan fingerprint density at radius 3 is 2.53 bits per heavy atom. The van der Waals surface area contributed by atoms with Gasteiger partial charge in [-0.1, -0.05) is 24.3 Å². The van der Waals surface area contributed by atoms with E-state index in [1.807, 2.05) is 0 Å². The summed E-state index contributed by atoms with van der Waals surface area (Å²) in [5.41, 5.74) is 6.11. The Kier molecular flexibility index (Phi) is 6.27. The van der Waals surface area contributed by atoms with E-state index in [1.165, 1.54) is 17.0 Å². The van der Waals surface area contributed by atoms with Crippen LogP contribution in [0.5, 0.6) is 5.75 Å². The van der Waals surface area contributed by atoms with E-state index in [1.54, 1.807) is 37.4 Å². The minimum Gasteiger partial charge on any atom is -0.497 e. The molecule has 2 N–H and O–H groups in total. The Morgan fingerprint density at radius 1 is 1.16 bits per heavy atom. The van der Waals surface area contributed by atoms with Gasteiger partial charge in [0, 0.05) is 21.5 Å². The van der Waals surface area contributed by atoms with Crippen molar-refractivity contribution in [2.45, 2.75) is 25.8 Å². The van der Waals surface area contributed by atoms with Crippen LogP contribution in [-0.2, 0) is 20.9 Å². The summed E-state index contributed by atoms with van der Waals surface area (Å²) in [7, 11) is 1.56. The molecule has 0 aromatic heterocycles. The Hall–Kier alpha value is -3.20. The lowest BCUT2D eigenvalue weighted by Crippen LogP contribution is -2.43. The van der Waals surface area contributed by atoms with Gasteiger partial charge in [-0.25, -0.2) is 4.39 Å². The summed E-state index contributed by atoms with van der Waals surface area (Å²) in [6.07, 6.45) is 1.31. The van der Waals surface area contributed by atoms with Crippen molar-refractivity contribution >= 4 is 43.8 Å². The first kappa shape index (κ1) is 22.0. The number of methoxy groups -OCH3 is 1. The number of nitrogens with zero attached hydrogens (tertiary/aromatic N) is 1. The summed E-state index contributed by atoms with van der Waals surface area (Å²) >= 11 is 3.39. The monoisotopic (exact) mass is 501 g/mol. The van der Waals surface area contributed by atoms with Gasteiger partial charge >= 0.3 is 0 Å². The Labute approximate surface area is 192 Å². The molecule has 1 saturated carbocycles. The van der Waals surface area contributed by atoms with Crippen molar-refractivity contribution in [3.05, 3.63) is 65.0 Å². The van der Waals surface area contributed by atoms with Crippen LogP contribution in [0.25, 0.3) is 4.48 Å². The quantitative estimate of drug-likeness (QED) is 0.614. The zero-order chi connectivity index (χ0) is 22.8. The van der Waals surface area contributed by atoms with E-state index in [-0.39, 0.29) is 36.1 Å². The molecule has 0 unspecified atom stereocenters. The molecule has 32 heavy (non-hydrogen) atoms. The zero-order valence-corrected chi connectivity index (χ0v) is 18.9. The summed E-state index contributed by atoms with van der Waals surface area (Å²) < 4.78 is 20.4. The second kappa shape index (κ2) is 9.12. The molecule has 2 aliphatic rings. The molecule has 1 heterocycles. The predicted octanol–water partition coefficient (Wildman–Crippen LogP) is 3.43. The van der Waals surface area contributed by atoms with E-state index in [2.05, 4.69) is 26.8 Å². The van der Waals surface area contributed by atoms with Crippen molar-refractivity contribution in [3.8, 4) is 5.75 Å². The van der Waals surface area contributed by atoms with Gasteiger partial charge in [-0.3, -0.25) is 25.2 Å². The maximum atomic E-state index is 14.9. The molecule has 2 aromatic carbocycles. The molecule has 0 saturated heterocycles. The first-order chi connectivity index (χ1) is 15.4. The largest absolute Gasteiger partial charge is 0.497 e. The topological polar surface area (TPSA) is 87.7 Å². The number of carbonyl (C=O) groups is 3. The Morgan fingerprint density at radius 2 is 1.88 bits per heavy atom. The van der Waals surface area contributed by atoms with Crippen molar-refractivity contribution in [2.24, 2.45) is 5.92 Å². The van der Waals surface area contributed by atoms with Crippen LogP contribution in [0.3, 0.4) is 0 Å². The maximum Gasteiger partial charge on any atom is 0.267 e. The number of benzene rings is 2. The van der Waals surface area contributed by atoms with Crippen molar-refractivity contribution in [3.63, 3.8) is 0 Å². The Balaban J connectivity index is 1.64. The van der Waals surface area contributed by atoms with Gasteiger partial charge in [0.15, 0.2) is 0 Å². The number of amides is 3. The molecule has 1 aliphatic carbocycles. The summed E-state index contributed by atoms with van der Waals surface area (Å²) in [6, 6.07) is 11.5. The summed E-state index contributed by atoms with van der Waals surface area (Å²) in [6.45, 7) is 0.115. The third-order valence-corrected chi connectivity index (χ3v) is 6.31. The molecule has 3 amide bonds. The third kappa shape index (κ3) is 4.52. The first-order valence-electron chi connectivity index (χ1n) is 10.1. The molecule has 1 aliphatic heterocycles. The number of ether oxygens (including phenoxy) is 1. The third-order valence-electron chi connectivity index (χ3n) is 5.41. The summed E-state index contributed by atoms with van der Waals surface area (Å²) in [5, 5.41) is 0. The number of hydrazine groups is 1. The van der Waals surface area contributed by atoms with Crippen molar-refractivity contribution in [1.29, 1.82) is 0 Å². The standard InChI is InChI=1S/C23H21BrFN3O4/c1-32-15-9-5-13(6-10-15)12-28-19(29)11-17(23(31)27-26-22(30)14-7-8-14)20(24)16-3-2-4-18(25)21(16)28/h2-6,9-10,14H,7-8,11-12H2,1H3,(H,26,30)(H,27,31). The van der Waals surface area contributed by atoms with Crippen LogP contribution in [-0.4, -0.2) is 24.8 Å². The maximum absolute atomic E-state index is 14.9. The SMILES string of the molecule is COc1ccc(CN2C(=O)CC(C(=O)NNC(=O)C3CC3)=C(Br)c3cccc(F)c32)cc1.